The van der Waals surface area contributed by atoms with Crippen LogP contribution in [0, 0.1) is 5.82 Å². The third-order valence-electron chi connectivity index (χ3n) is 3.66. The first-order valence-corrected chi connectivity index (χ1v) is 7.64. The Morgan fingerprint density at radius 2 is 2.04 bits per heavy atom. The first kappa shape index (κ1) is 16.8. The van der Waals surface area contributed by atoms with Crippen LogP contribution < -0.4 is 5.73 Å². The van der Waals surface area contributed by atoms with Crippen LogP contribution >= 0.6 is 0 Å². The standard InChI is InChI=1S/C17H17FN4O3/c1-3-25-17(23)12-8-20-16-14(10-4-6-11(18)7-5-10)13(9-24-2)21-22(16)15(12)19/h4-8H,3,9,19H2,1-2H3. The molecule has 0 fully saturated rings. The second-order valence-electron chi connectivity index (χ2n) is 5.27. The van der Waals surface area contributed by atoms with E-state index in [1.54, 1.807) is 26.2 Å². The number of ether oxygens (including phenoxy) is 2. The Morgan fingerprint density at radius 1 is 1.32 bits per heavy atom. The van der Waals surface area contributed by atoms with E-state index in [0.29, 0.717) is 16.9 Å². The number of rotatable bonds is 5. The Morgan fingerprint density at radius 3 is 2.68 bits per heavy atom. The molecule has 3 rings (SSSR count). The summed E-state index contributed by atoms with van der Waals surface area (Å²) in [4.78, 5) is 16.3. The summed E-state index contributed by atoms with van der Waals surface area (Å²) in [6.07, 6.45) is 1.36. The molecule has 2 heterocycles. The normalized spacial score (nSPS) is 11.0. The van der Waals surface area contributed by atoms with Gasteiger partial charge < -0.3 is 15.2 Å². The molecular formula is C17H17FN4O3. The van der Waals surface area contributed by atoms with E-state index >= 15 is 0 Å². The van der Waals surface area contributed by atoms with Gasteiger partial charge in [0, 0.05) is 13.3 Å². The van der Waals surface area contributed by atoms with Crippen molar-refractivity contribution in [1.82, 2.24) is 14.6 Å². The van der Waals surface area contributed by atoms with E-state index in [4.69, 9.17) is 15.2 Å². The Bertz CT molecular complexity index is 922. The van der Waals surface area contributed by atoms with Crippen LogP contribution in [0.1, 0.15) is 23.0 Å². The lowest BCUT2D eigenvalue weighted by Crippen LogP contribution is -2.12. The van der Waals surface area contributed by atoms with Gasteiger partial charge in [0.2, 0.25) is 0 Å². The average Bonchev–Trinajstić information content (AvgIpc) is 2.96. The number of methoxy groups -OCH3 is 1. The molecule has 0 atom stereocenters. The summed E-state index contributed by atoms with van der Waals surface area (Å²) in [6, 6.07) is 5.96. The molecule has 25 heavy (non-hydrogen) atoms. The minimum absolute atomic E-state index is 0.120. The predicted molar refractivity (Wildman–Crippen MR) is 89.5 cm³/mol. The van der Waals surface area contributed by atoms with Crippen LogP contribution in [0.15, 0.2) is 30.5 Å². The van der Waals surface area contributed by atoms with Gasteiger partial charge in [0.15, 0.2) is 5.65 Å². The zero-order valence-electron chi connectivity index (χ0n) is 13.8. The molecule has 1 aromatic carbocycles. The lowest BCUT2D eigenvalue weighted by molar-refractivity contribution is 0.0526. The number of nitrogens with two attached hydrogens (primary N) is 1. The van der Waals surface area contributed by atoms with Crippen LogP contribution in [0.25, 0.3) is 16.8 Å². The maximum atomic E-state index is 13.2. The minimum Gasteiger partial charge on any atom is -0.462 e. The van der Waals surface area contributed by atoms with Crippen molar-refractivity contribution in [3.05, 3.63) is 47.5 Å². The summed E-state index contributed by atoms with van der Waals surface area (Å²) in [5, 5.41) is 4.41. The number of carbonyl (C=O) groups is 1. The van der Waals surface area contributed by atoms with Gasteiger partial charge in [-0.1, -0.05) is 12.1 Å². The number of fused-ring (bicyclic) bond motifs is 1. The quantitative estimate of drug-likeness (QED) is 0.715. The van der Waals surface area contributed by atoms with Gasteiger partial charge >= 0.3 is 5.97 Å². The number of anilines is 1. The molecule has 130 valence electrons. The SMILES string of the molecule is CCOC(=O)c1cnc2c(-c3ccc(F)cc3)c(COC)nn2c1N. The van der Waals surface area contributed by atoms with Crippen molar-refractivity contribution in [2.75, 3.05) is 19.5 Å². The van der Waals surface area contributed by atoms with Gasteiger partial charge in [0.05, 0.1) is 24.5 Å². The van der Waals surface area contributed by atoms with Crippen LogP contribution in [0.2, 0.25) is 0 Å². The van der Waals surface area contributed by atoms with Gasteiger partial charge in [-0.05, 0) is 24.6 Å². The number of carbonyl (C=O) groups excluding carboxylic acids is 1. The zero-order chi connectivity index (χ0) is 18.0. The number of hydrogen-bond donors (Lipinski definition) is 1. The lowest BCUT2D eigenvalue weighted by atomic mass is 10.1. The molecular weight excluding hydrogens is 327 g/mol. The molecule has 0 aliphatic heterocycles. The molecule has 0 spiro atoms. The smallest absolute Gasteiger partial charge is 0.343 e. The molecule has 3 aromatic rings. The molecule has 2 aromatic heterocycles. The first-order valence-electron chi connectivity index (χ1n) is 7.64. The van der Waals surface area contributed by atoms with Gasteiger partial charge in [-0.3, -0.25) is 0 Å². The Hall–Kier alpha value is -3.00. The zero-order valence-corrected chi connectivity index (χ0v) is 13.8. The van der Waals surface area contributed by atoms with E-state index in [2.05, 4.69) is 10.1 Å². The fourth-order valence-corrected chi connectivity index (χ4v) is 2.56. The van der Waals surface area contributed by atoms with Crippen LogP contribution in [-0.2, 0) is 16.1 Å². The van der Waals surface area contributed by atoms with Gasteiger partial charge in [0.25, 0.3) is 0 Å². The summed E-state index contributed by atoms with van der Waals surface area (Å²) < 4.78 is 24.8. The van der Waals surface area contributed by atoms with Crippen molar-refractivity contribution >= 4 is 17.4 Å². The summed E-state index contributed by atoms with van der Waals surface area (Å²) in [7, 11) is 1.54. The maximum Gasteiger partial charge on any atom is 0.343 e. The molecule has 0 aliphatic rings. The molecule has 8 heteroatoms. The molecule has 0 amide bonds. The monoisotopic (exact) mass is 344 g/mol. The second kappa shape index (κ2) is 6.86. The Kier molecular flexibility index (Phi) is 4.62. The first-order chi connectivity index (χ1) is 12.1. The molecule has 0 aliphatic carbocycles. The molecule has 2 N–H and O–H groups in total. The largest absolute Gasteiger partial charge is 0.462 e. The van der Waals surface area contributed by atoms with E-state index in [0.717, 1.165) is 5.56 Å². The second-order valence-corrected chi connectivity index (χ2v) is 5.27. The van der Waals surface area contributed by atoms with E-state index in [1.165, 1.54) is 22.8 Å². The number of halogens is 1. The molecule has 0 bridgehead atoms. The van der Waals surface area contributed by atoms with Crippen molar-refractivity contribution in [3.63, 3.8) is 0 Å². The lowest BCUT2D eigenvalue weighted by Gasteiger charge is -2.06. The Balaban J connectivity index is 2.22. The highest BCUT2D eigenvalue weighted by Crippen LogP contribution is 2.30. The van der Waals surface area contributed by atoms with E-state index in [9.17, 15) is 9.18 Å². The number of benzene rings is 1. The van der Waals surface area contributed by atoms with Crippen LogP contribution in [0.4, 0.5) is 10.2 Å². The van der Waals surface area contributed by atoms with Crippen LogP contribution in [-0.4, -0.2) is 34.3 Å². The minimum atomic E-state index is -0.568. The van der Waals surface area contributed by atoms with E-state index in [1.807, 2.05) is 0 Å². The van der Waals surface area contributed by atoms with Crippen molar-refractivity contribution in [2.24, 2.45) is 0 Å². The summed E-state index contributed by atoms with van der Waals surface area (Å²) in [5.74, 6) is -0.790. The molecule has 0 saturated carbocycles. The van der Waals surface area contributed by atoms with E-state index in [-0.39, 0.29) is 30.4 Å². The average molecular weight is 344 g/mol. The molecule has 0 unspecified atom stereocenters. The van der Waals surface area contributed by atoms with Crippen molar-refractivity contribution in [1.29, 1.82) is 0 Å². The number of aromatic nitrogens is 3. The number of nitrogen functional groups attached to an aromatic ring is 1. The highest BCUT2D eigenvalue weighted by molar-refractivity contribution is 5.95. The van der Waals surface area contributed by atoms with Crippen molar-refractivity contribution in [3.8, 4) is 11.1 Å². The van der Waals surface area contributed by atoms with Crippen molar-refractivity contribution < 1.29 is 18.7 Å². The van der Waals surface area contributed by atoms with Gasteiger partial charge in [-0.25, -0.2) is 14.2 Å². The fourth-order valence-electron chi connectivity index (χ4n) is 2.56. The summed E-state index contributed by atoms with van der Waals surface area (Å²) in [5.41, 5.74) is 8.64. The summed E-state index contributed by atoms with van der Waals surface area (Å²) >= 11 is 0. The highest BCUT2D eigenvalue weighted by Gasteiger charge is 2.21. The number of nitrogens with zero attached hydrogens (tertiary/aromatic N) is 3. The van der Waals surface area contributed by atoms with Gasteiger partial charge in [-0.2, -0.15) is 9.61 Å². The highest BCUT2D eigenvalue weighted by atomic mass is 19.1. The van der Waals surface area contributed by atoms with E-state index < -0.39 is 5.97 Å². The Labute approximate surface area is 143 Å². The predicted octanol–water partition coefficient (Wildman–Crippen LogP) is 2.44. The van der Waals surface area contributed by atoms with Gasteiger partial charge in [-0.15, -0.1) is 0 Å². The topological polar surface area (TPSA) is 91.7 Å². The fraction of sp³-hybridized carbons (Fsp3) is 0.235. The van der Waals surface area contributed by atoms with Crippen molar-refractivity contribution in [2.45, 2.75) is 13.5 Å². The molecule has 7 nitrogen and oxygen atoms in total. The third-order valence-corrected chi connectivity index (χ3v) is 3.66. The number of hydrogen-bond acceptors (Lipinski definition) is 6. The third kappa shape index (κ3) is 3.03. The molecule has 0 saturated heterocycles. The van der Waals surface area contributed by atoms with Crippen LogP contribution in [0.3, 0.4) is 0 Å². The van der Waals surface area contributed by atoms with Crippen LogP contribution in [0.5, 0.6) is 0 Å². The van der Waals surface area contributed by atoms with Gasteiger partial charge in [0.1, 0.15) is 17.2 Å². The number of esters is 1. The maximum absolute atomic E-state index is 13.2. The summed E-state index contributed by atoms with van der Waals surface area (Å²) in [6.45, 7) is 2.15. The molecule has 0 radical (unpaired) electrons.